The number of benzene rings is 1. The first kappa shape index (κ1) is 13.3. The molecule has 1 rings (SSSR count). The maximum atomic E-state index is 6.02. The topological polar surface area (TPSA) is 24.1 Å². The van der Waals surface area contributed by atoms with Gasteiger partial charge in [-0.15, -0.1) is 0 Å². The second kappa shape index (κ2) is 6.71. The molecule has 0 amide bonds. The molecule has 0 radical (unpaired) electrons. The van der Waals surface area contributed by atoms with Gasteiger partial charge in [-0.25, -0.2) is 0 Å². The van der Waals surface area contributed by atoms with Crippen molar-refractivity contribution >= 4 is 34.6 Å². The number of thiocarbonyl (C=S) groups is 1. The summed E-state index contributed by atoms with van der Waals surface area (Å²) in [6, 6.07) is 5.75. The van der Waals surface area contributed by atoms with Crippen molar-refractivity contribution in [3.8, 4) is 0 Å². The van der Waals surface area contributed by atoms with Crippen molar-refractivity contribution in [1.82, 2.24) is 5.32 Å². The number of halogens is 1. The Balaban J connectivity index is 2.53. The highest BCUT2D eigenvalue weighted by Gasteiger charge is 2.03. The predicted molar refractivity (Wildman–Crippen MR) is 75.3 cm³/mol. The van der Waals surface area contributed by atoms with Gasteiger partial charge >= 0.3 is 0 Å². The number of hydrogen-bond acceptors (Lipinski definition) is 1. The van der Waals surface area contributed by atoms with Gasteiger partial charge in [0, 0.05) is 17.3 Å². The summed E-state index contributed by atoms with van der Waals surface area (Å²) >= 11 is 11.2. The quantitative estimate of drug-likeness (QED) is 0.634. The van der Waals surface area contributed by atoms with Crippen LogP contribution in [0.25, 0.3) is 0 Å². The molecule has 4 heteroatoms. The van der Waals surface area contributed by atoms with Crippen molar-refractivity contribution in [1.29, 1.82) is 0 Å². The Hall–Kier alpha value is -0.800. The smallest absolute Gasteiger partial charge is 0.170 e. The number of unbranched alkanes of at least 4 members (excludes halogenated alkanes) is 1. The molecule has 0 saturated heterocycles. The van der Waals surface area contributed by atoms with Gasteiger partial charge in [-0.05, 0) is 43.3 Å². The van der Waals surface area contributed by atoms with Crippen molar-refractivity contribution in [2.75, 3.05) is 11.9 Å². The number of rotatable bonds is 4. The molecule has 0 aliphatic carbocycles. The molecule has 88 valence electrons. The maximum Gasteiger partial charge on any atom is 0.170 e. The van der Waals surface area contributed by atoms with Crippen LogP contribution in [0.1, 0.15) is 25.3 Å². The minimum Gasteiger partial charge on any atom is -0.362 e. The van der Waals surface area contributed by atoms with E-state index in [-0.39, 0.29) is 0 Å². The molecule has 0 fully saturated rings. The number of anilines is 1. The molecule has 0 heterocycles. The molecule has 1 aromatic carbocycles. The van der Waals surface area contributed by atoms with Gasteiger partial charge in [-0.1, -0.05) is 31.0 Å². The van der Waals surface area contributed by atoms with Gasteiger partial charge in [-0.2, -0.15) is 0 Å². The van der Waals surface area contributed by atoms with Crippen LogP contribution in [0.4, 0.5) is 5.69 Å². The summed E-state index contributed by atoms with van der Waals surface area (Å²) in [5.41, 5.74) is 1.98. The van der Waals surface area contributed by atoms with Crippen LogP contribution in [0.5, 0.6) is 0 Å². The molecule has 0 bridgehead atoms. The minimum atomic E-state index is 0.652. The second-order valence-corrected chi connectivity index (χ2v) is 4.46. The summed E-state index contributed by atoms with van der Waals surface area (Å²) in [6.07, 6.45) is 2.28. The van der Waals surface area contributed by atoms with Crippen LogP contribution >= 0.6 is 23.8 Å². The van der Waals surface area contributed by atoms with Crippen molar-refractivity contribution in [3.63, 3.8) is 0 Å². The van der Waals surface area contributed by atoms with Crippen molar-refractivity contribution in [2.45, 2.75) is 26.7 Å². The zero-order valence-corrected chi connectivity index (χ0v) is 11.2. The van der Waals surface area contributed by atoms with Crippen LogP contribution in [0.3, 0.4) is 0 Å². The molecule has 0 aromatic heterocycles. The van der Waals surface area contributed by atoms with Gasteiger partial charge in [-0.3, -0.25) is 0 Å². The fourth-order valence-corrected chi connectivity index (χ4v) is 1.67. The van der Waals surface area contributed by atoms with Crippen molar-refractivity contribution < 1.29 is 0 Å². The molecule has 0 saturated carbocycles. The van der Waals surface area contributed by atoms with E-state index >= 15 is 0 Å². The molecule has 0 aliphatic heterocycles. The first-order chi connectivity index (χ1) is 7.65. The third-order valence-corrected chi connectivity index (χ3v) is 2.99. The fraction of sp³-hybridized carbons (Fsp3) is 0.417. The van der Waals surface area contributed by atoms with E-state index in [1.807, 2.05) is 25.1 Å². The summed E-state index contributed by atoms with van der Waals surface area (Å²) in [5, 5.41) is 7.70. The van der Waals surface area contributed by atoms with Gasteiger partial charge in [0.25, 0.3) is 0 Å². The summed E-state index contributed by atoms with van der Waals surface area (Å²) in [4.78, 5) is 0. The van der Waals surface area contributed by atoms with E-state index in [0.29, 0.717) is 5.11 Å². The first-order valence-corrected chi connectivity index (χ1v) is 6.23. The Morgan fingerprint density at radius 2 is 2.19 bits per heavy atom. The lowest BCUT2D eigenvalue weighted by molar-refractivity contribution is 0.758. The lowest BCUT2D eigenvalue weighted by Crippen LogP contribution is -2.29. The van der Waals surface area contributed by atoms with Gasteiger partial charge < -0.3 is 10.6 Å². The molecule has 0 spiro atoms. The first-order valence-electron chi connectivity index (χ1n) is 5.45. The van der Waals surface area contributed by atoms with E-state index < -0.39 is 0 Å². The van der Waals surface area contributed by atoms with E-state index in [4.69, 9.17) is 23.8 Å². The fourth-order valence-electron chi connectivity index (χ4n) is 1.29. The van der Waals surface area contributed by atoms with Gasteiger partial charge in [0.2, 0.25) is 0 Å². The van der Waals surface area contributed by atoms with Gasteiger partial charge in [0.1, 0.15) is 0 Å². The van der Waals surface area contributed by atoms with Crippen LogP contribution in [0.15, 0.2) is 18.2 Å². The minimum absolute atomic E-state index is 0.652. The third kappa shape index (κ3) is 3.99. The standard InChI is InChI=1S/C12H17ClN2S/c1-3-4-8-14-12(16)15-11-7-5-6-10(13)9(11)2/h5-7H,3-4,8H2,1-2H3,(H2,14,15,16). The van der Waals surface area contributed by atoms with Crippen LogP contribution in [0.2, 0.25) is 5.02 Å². The average molecular weight is 257 g/mol. The Kier molecular flexibility index (Phi) is 5.56. The lowest BCUT2D eigenvalue weighted by Gasteiger charge is -2.12. The average Bonchev–Trinajstić information content (AvgIpc) is 2.25. The lowest BCUT2D eigenvalue weighted by atomic mass is 10.2. The highest BCUT2D eigenvalue weighted by atomic mass is 35.5. The molecular formula is C12H17ClN2S. The number of nitrogens with one attached hydrogen (secondary N) is 2. The predicted octanol–water partition coefficient (Wildman–Crippen LogP) is 3.73. The Bertz CT molecular complexity index is 366. The van der Waals surface area contributed by atoms with Crippen LogP contribution < -0.4 is 10.6 Å². The van der Waals surface area contributed by atoms with Crippen LogP contribution in [0, 0.1) is 6.92 Å². The highest BCUT2D eigenvalue weighted by Crippen LogP contribution is 2.22. The Labute approximate surface area is 107 Å². The maximum absolute atomic E-state index is 6.02. The SMILES string of the molecule is CCCCNC(=S)Nc1cccc(Cl)c1C. The van der Waals surface area contributed by atoms with Crippen LogP contribution in [-0.4, -0.2) is 11.7 Å². The van der Waals surface area contributed by atoms with E-state index in [9.17, 15) is 0 Å². The van der Waals surface area contributed by atoms with Gasteiger partial charge in [0.05, 0.1) is 0 Å². The summed E-state index contributed by atoms with van der Waals surface area (Å²) in [6.45, 7) is 5.03. The largest absolute Gasteiger partial charge is 0.362 e. The molecule has 16 heavy (non-hydrogen) atoms. The second-order valence-electron chi connectivity index (χ2n) is 3.65. The van der Waals surface area contributed by atoms with Crippen molar-refractivity contribution in [3.05, 3.63) is 28.8 Å². The third-order valence-electron chi connectivity index (χ3n) is 2.33. The molecule has 2 nitrogen and oxygen atoms in total. The number of hydrogen-bond donors (Lipinski definition) is 2. The monoisotopic (exact) mass is 256 g/mol. The molecule has 1 aromatic rings. The van der Waals surface area contributed by atoms with E-state index in [0.717, 1.165) is 35.7 Å². The summed E-state index contributed by atoms with van der Waals surface area (Å²) < 4.78 is 0. The van der Waals surface area contributed by atoms with E-state index in [2.05, 4.69) is 17.6 Å². The summed E-state index contributed by atoms with van der Waals surface area (Å²) in [7, 11) is 0. The van der Waals surface area contributed by atoms with Gasteiger partial charge in [0.15, 0.2) is 5.11 Å². The van der Waals surface area contributed by atoms with E-state index in [1.165, 1.54) is 0 Å². The van der Waals surface area contributed by atoms with Crippen LogP contribution in [-0.2, 0) is 0 Å². The molecule has 0 unspecified atom stereocenters. The normalized spacial score (nSPS) is 9.94. The Morgan fingerprint density at radius 3 is 2.88 bits per heavy atom. The highest BCUT2D eigenvalue weighted by molar-refractivity contribution is 7.80. The molecular weight excluding hydrogens is 240 g/mol. The van der Waals surface area contributed by atoms with Crippen molar-refractivity contribution in [2.24, 2.45) is 0 Å². The zero-order chi connectivity index (χ0) is 12.0. The summed E-state index contributed by atoms with van der Waals surface area (Å²) in [5.74, 6) is 0. The zero-order valence-electron chi connectivity index (χ0n) is 9.64. The molecule has 0 aliphatic rings. The van der Waals surface area contributed by atoms with E-state index in [1.54, 1.807) is 0 Å². The molecule has 0 atom stereocenters. The molecule has 2 N–H and O–H groups in total. The Morgan fingerprint density at radius 1 is 1.44 bits per heavy atom.